The Balaban J connectivity index is 4.00. The van der Waals surface area contributed by atoms with Gasteiger partial charge in [-0.05, 0) is 40.3 Å². The predicted molar refractivity (Wildman–Crippen MR) is 51.6 cm³/mol. The second kappa shape index (κ2) is 5.22. The van der Waals surface area contributed by atoms with Crippen LogP contribution in [-0.4, -0.2) is 17.5 Å². The molecule has 0 bridgehead atoms. The van der Waals surface area contributed by atoms with E-state index in [1.807, 2.05) is 0 Å². The summed E-state index contributed by atoms with van der Waals surface area (Å²) in [5, 5.41) is 0. The zero-order valence-corrected chi connectivity index (χ0v) is 8.52. The van der Waals surface area contributed by atoms with Gasteiger partial charge in [0.1, 0.15) is 0 Å². The van der Waals surface area contributed by atoms with Crippen molar-refractivity contribution in [2.75, 3.05) is 6.54 Å². The van der Waals surface area contributed by atoms with E-state index < -0.39 is 0 Å². The van der Waals surface area contributed by atoms with E-state index in [2.05, 4.69) is 45.7 Å². The van der Waals surface area contributed by atoms with E-state index in [1.54, 1.807) is 0 Å². The van der Waals surface area contributed by atoms with Gasteiger partial charge in [-0.25, -0.2) is 0 Å². The fourth-order valence-electron chi connectivity index (χ4n) is 1.06. The highest BCUT2D eigenvalue weighted by molar-refractivity contribution is 4.93. The van der Waals surface area contributed by atoms with Gasteiger partial charge in [-0.3, -0.25) is 0 Å². The molecule has 0 fully saturated rings. The average Bonchev–Trinajstić information content (AvgIpc) is 1.86. The molecule has 0 spiro atoms. The predicted octanol–water partition coefficient (Wildman–Crippen LogP) is 3.03. The topological polar surface area (TPSA) is 3.24 Å². The Morgan fingerprint density at radius 1 is 1.36 bits per heavy atom. The summed E-state index contributed by atoms with van der Waals surface area (Å²) in [5.41, 5.74) is 1.38. The zero-order valence-electron chi connectivity index (χ0n) is 8.52. The van der Waals surface area contributed by atoms with E-state index in [1.165, 1.54) is 18.5 Å². The van der Waals surface area contributed by atoms with Crippen molar-refractivity contribution in [1.29, 1.82) is 0 Å². The second-order valence-electron chi connectivity index (χ2n) is 3.54. The van der Waals surface area contributed by atoms with Gasteiger partial charge < -0.3 is 4.90 Å². The van der Waals surface area contributed by atoms with Crippen molar-refractivity contribution in [1.82, 2.24) is 4.90 Å². The summed E-state index contributed by atoms with van der Waals surface area (Å²) in [6.45, 7) is 12.1. The van der Waals surface area contributed by atoms with Crippen LogP contribution in [0, 0.1) is 0 Å². The third-order valence-electron chi connectivity index (χ3n) is 1.57. The lowest BCUT2D eigenvalue weighted by molar-refractivity contribution is 0.309. The molecule has 0 radical (unpaired) electrons. The molecule has 0 unspecified atom stereocenters. The maximum Gasteiger partial charge on any atom is 0.0227 e. The molecule has 0 aliphatic rings. The molecule has 0 heterocycles. The number of nitrogens with zero attached hydrogens (tertiary/aromatic N) is 1. The van der Waals surface area contributed by atoms with E-state index in [-0.39, 0.29) is 0 Å². The van der Waals surface area contributed by atoms with Crippen LogP contribution >= 0.6 is 0 Å². The lowest BCUT2D eigenvalue weighted by Gasteiger charge is -2.24. The third-order valence-corrected chi connectivity index (χ3v) is 1.57. The van der Waals surface area contributed by atoms with Gasteiger partial charge >= 0.3 is 0 Å². The van der Waals surface area contributed by atoms with Crippen molar-refractivity contribution in [3.63, 3.8) is 0 Å². The van der Waals surface area contributed by atoms with Crippen LogP contribution < -0.4 is 0 Å². The Labute approximate surface area is 71.1 Å². The molecule has 0 aromatic rings. The minimum atomic E-state index is 0.629. The molecular formula is C10H21N. The monoisotopic (exact) mass is 155 g/mol. The Bertz CT molecular complexity index is 121. The summed E-state index contributed by atoms with van der Waals surface area (Å²) in [6.07, 6.45) is 3.47. The summed E-state index contributed by atoms with van der Waals surface area (Å²) in [6, 6.07) is 0.629. The van der Waals surface area contributed by atoms with Gasteiger partial charge in [0.25, 0.3) is 0 Å². The molecule has 0 rings (SSSR count). The van der Waals surface area contributed by atoms with Crippen molar-refractivity contribution in [2.45, 2.75) is 47.1 Å². The maximum atomic E-state index is 2.38. The fraction of sp³-hybridized carbons (Fsp3) is 0.800. The molecule has 0 atom stereocenters. The maximum absolute atomic E-state index is 2.38. The van der Waals surface area contributed by atoms with Crippen LogP contribution in [0.25, 0.3) is 0 Å². The lowest BCUT2D eigenvalue weighted by atomic mass is 10.3. The largest absolute Gasteiger partial charge is 0.375 e. The SMILES string of the molecule is CCCN(C=C(C)C)C(C)C. The minimum Gasteiger partial charge on any atom is -0.375 e. The first kappa shape index (κ1) is 10.5. The summed E-state index contributed by atoms with van der Waals surface area (Å²) >= 11 is 0. The smallest absolute Gasteiger partial charge is 0.0227 e. The number of hydrogen-bond acceptors (Lipinski definition) is 1. The van der Waals surface area contributed by atoms with Gasteiger partial charge in [0.2, 0.25) is 0 Å². The molecule has 0 amide bonds. The van der Waals surface area contributed by atoms with Crippen LogP contribution in [0.1, 0.15) is 41.0 Å². The minimum absolute atomic E-state index is 0.629. The molecule has 0 saturated carbocycles. The van der Waals surface area contributed by atoms with Crippen molar-refractivity contribution in [3.05, 3.63) is 11.8 Å². The first-order chi connectivity index (χ1) is 5.07. The first-order valence-electron chi connectivity index (χ1n) is 4.48. The Hall–Kier alpha value is -0.460. The molecule has 0 saturated heterocycles. The molecule has 0 aromatic heterocycles. The zero-order chi connectivity index (χ0) is 8.85. The van der Waals surface area contributed by atoms with Crippen molar-refractivity contribution < 1.29 is 0 Å². The number of hydrogen-bond donors (Lipinski definition) is 0. The highest BCUT2D eigenvalue weighted by Gasteiger charge is 2.01. The van der Waals surface area contributed by atoms with E-state index >= 15 is 0 Å². The van der Waals surface area contributed by atoms with Gasteiger partial charge in [-0.1, -0.05) is 12.5 Å². The van der Waals surface area contributed by atoms with Crippen LogP contribution in [0.5, 0.6) is 0 Å². The van der Waals surface area contributed by atoms with E-state index in [0.29, 0.717) is 6.04 Å². The normalized spacial score (nSPS) is 10.0. The molecular weight excluding hydrogens is 134 g/mol. The van der Waals surface area contributed by atoms with Gasteiger partial charge in [0.05, 0.1) is 0 Å². The second-order valence-corrected chi connectivity index (χ2v) is 3.54. The molecule has 0 aliphatic heterocycles. The van der Waals surface area contributed by atoms with Crippen molar-refractivity contribution >= 4 is 0 Å². The average molecular weight is 155 g/mol. The van der Waals surface area contributed by atoms with Crippen LogP contribution in [0.15, 0.2) is 11.8 Å². The quantitative estimate of drug-likeness (QED) is 0.603. The van der Waals surface area contributed by atoms with Gasteiger partial charge in [0, 0.05) is 12.6 Å². The number of rotatable bonds is 4. The summed E-state index contributed by atoms with van der Waals surface area (Å²) in [5.74, 6) is 0. The molecule has 11 heavy (non-hydrogen) atoms. The van der Waals surface area contributed by atoms with Crippen molar-refractivity contribution in [2.24, 2.45) is 0 Å². The fourth-order valence-corrected chi connectivity index (χ4v) is 1.06. The molecule has 66 valence electrons. The van der Waals surface area contributed by atoms with E-state index in [0.717, 1.165) is 0 Å². The first-order valence-corrected chi connectivity index (χ1v) is 4.48. The van der Waals surface area contributed by atoms with Crippen LogP contribution in [0.2, 0.25) is 0 Å². The van der Waals surface area contributed by atoms with Crippen LogP contribution in [0.3, 0.4) is 0 Å². The standard InChI is InChI=1S/C10H21N/c1-6-7-11(10(4)5)8-9(2)3/h8,10H,6-7H2,1-5H3. The summed E-state index contributed by atoms with van der Waals surface area (Å²) in [4.78, 5) is 2.38. The van der Waals surface area contributed by atoms with Gasteiger partial charge in [-0.15, -0.1) is 0 Å². The van der Waals surface area contributed by atoms with Crippen LogP contribution in [0.4, 0.5) is 0 Å². The highest BCUT2D eigenvalue weighted by Crippen LogP contribution is 2.03. The lowest BCUT2D eigenvalue weighted by Crippen LogP contribution is -2.26. The molecule has 0 aromatic carbocycles. The van der Waals surface area contributed by atoms with E-state index in [9.17, 15) is 0 Å². The Morgan fingerprint density at radius 3 is 2.18 bits per heavy atom. The van der Waals surface area contributed by atoms with E-state index in [4.69, 9.17) is 0 Å². The van der Waals surface area contributed by atoms with Crippen LogP contribution in [-0.2, 0) is 0 Å². The Morgan fingerprint density at radius 2 is 1.91 bits per heavy atom. The highest BCUT2D eigenvalue weighted by atomic mass is 15.1. The Kier molecular flexibility index (Phi) is 5.01. The third kappa shape index (κ3) is 4.88. The molecule has 0 N–H and O–H groups in total. The van der Waals surface area contributed by atoms with Gasteiger partial charge in [-0.2, -0.15) is 0 Å². The molecule has 0 aliphatic carbocycles. The number of allylic oxidation sites excluding steroid dienone is 1. The van der Waals surface area contributed by atoms with Gasteiger partial charge in [0.15, 0.2) is 0 Å². The molecule has 1 nitrogen and oxygen atoms in total. The summed E-state index contributed by atoms with van der Waals surface area (Å²) < 4.78 is 0. The summed E-state index contributed by atoms with van der Waals surface area (Å²) in [7, 11) is 0. The molecule has 1 heteroatoms. The van der Waals surface area contributed by atoms with Crippen molar-refractivity contribution in [3.8, 4) is 0 Å².